The molecular weight excluding hydrogens is 579 g/mol. The molecule has 0 saturated carbocycles. The van der Waals surface area contributed by atoms with Gasteiger partial charge in [-0.3, -0.25) is 4.90 Å². The quantitative estimate of drug-likeness (QED) is 0.187. The van der Waals surface area contributed by atoms with E-state index >= 15 is 0 Å². The van der Waals surface area contributed by atoms with Crippen LogP contribution in [0.3, 0.4) is 0 Å². The molecule has 3 heterocycles. The van der Waals surface area contributed by atoms with Crippen molar-refractivity contribution in [2.45, 2.75) is 38.6 Å². The fourth-order valence-corrected chi connectivity index (χ4v) is 5.58. The second-order valence-corrected chi connectivity index (χ2v) is 11.0. The Balaban J connectivity index is 1.08. The number of carboxylic acids is 1. The summed E-state index contributed by atoms with van der Waals surface area (Å²) >= 11 is 12.2. The molecule has 0 spiro atoms. The molecule has 0 unspecified atom stereocenters. The van der Waals surface area contributed by atoms with Crippen molar-refractivity contribution in [3.05, 3.63) is 106 Å². The van der Waals surface area contributed by atoms with Gasteiger partial charge in [-0.25, -0.2) is 14.8 Å². The first-order valence-corrected chi connectivity index (χ1v) is 14.3. The number of ether oxygens (including phenoxy) is 2. The molecule has 1 saturated heterocycles. The lowest BCUT2D eigenvalue weighted by atomic mass is 10.1. The fraction of sp³-hybridized carbons (Fsp3) is 0.258. The summed E-state index contributed by atoms with van der Waals surface area (Å²) in [6, 6.07) is 18.1. The van der Waals surface area contributed by atoms with E-state index in [1.54, 1.807) is 42.6 Å². The summed E-state index contributed by atoms with van der Waals surface area (Å²) in [5.74, 6) is 1.93. The highest BCUT2D eigenvalue weighted by Gasteiger charge is 2.23. The van der Waals surface area contributed by atoms with Gasteiger partial charge < -0.3 is 23.6 Å². The van der Waals surface area contributed by atoms with Gasteiger partial charge in [0.25, 0.3) is 0 Å². The van der Waals surface area contributed by atoms with Crippen molar-refractivity contribution in [3.8, 4) is 11.5 Å². The maximum absolute atomic E-state index is 11.6. The first-order valence-electron chi connectivity index (χ1n) is 13.6. The molecule has 0 aliphatic carbocycles. The topological polar surface area (TPSA) is 103 Å². The normalized spacial score (nSPS) is 14.3. The van der Waals surface area contributed by atoms with Gasteiger partial charge in [0.05, 0.1) is 40.9 Å². The predicted molar refractivity (Wildman–Crippen MR) is 158 cm³/mol. The molecule has 0 radical (unpaired) electrons. The van der Waals surface area contributed by atoms with Crippen LogP contribution in [0.5, 0.6) is 11.5 Å². The molecule has 1 N–H and O–H groups in total. The molecule has 1 fully saturated rings. The highest BCUT2D eigenvalue weighted by atomic mass is 35.5. The molecule has 5 aromatic rings. The third-order valence-electron chi connectivity index (χ3n) is 7.26. The van der Waals surface area contributed by atoms with Crippen LogP contribution in [0.25, 0.3) is 11.0 Å². The third-order valence-corrected chi connectivity index (χ3v) is 7.79. The van der Waals surface area contributed by atoms with Crippen LogP contribution in [0.15, 0.2) is 77.7 Å². The lowest BCUT2D eigenvalue weighted by Gasteiger charge is -2.32. The number of carbonyl (C=O) groups is 1. The highest BCUT2D eigenvalue weighted by molar-refractivity contribution is 6.35. The maximum atomic E-state index is 11.6. The number of oxazole rings is 1. The summed E-state index contributed by atoms with van der Waals surface area (Å²) in [5.41, 5.74) is 2.69. The van der Waals surface area contributed by atoms with Gasteiger partial charge in [0.1, 0.15) is 35.8 Å². The summed E-state index contributed by atoms with van der Waals surface area (Å²) in [6.07, 6.45) is 4.88. The monoisotopic (exact) mass is 606 g/mol. The van der Waals surface area contributed by atoms with E-state index in [0.29, 0.717) is 41.3 Å². The molecule has 3 aromatic carbocycles. The van der Waals surface area contributed by atoms with Gasteiger partial charge in [-0.15, -0.1) is 0 Å². The molecule has 42 heavy (non-hydrogen) atoms. The zero-order valence-electron chi connectivity index (χ0n) is 22.6. The lowest BCUT2D eigenvalue weighted by Crippen LogP contribution is -2.38. The molecule has 0 atom stereocenters. The van der Waals surface area contributed by atoms with Crippen molar-refractivity contribution in [2.75, 3.05) is 13.1 Å². The van der Waals surface area contributed by atoms with E-state index in [1.165, 1.54) is 6.39 Å². The van der Waals surface area contributed by atoms with E-state index in [9.17, 15) is 9.90 Å². The first-order chi connectivity index (χ1) is 20.4. The van der Waals surface area contributed by atoms with E-state index in [0.717, 1.165) is 54.1 Å². The molecule has 6 rings (SSSR count). The Hall–Kier alpha value is -4.05. The van der Waals surface area contributed by atoms with Crippen molar-refractivity contribution in [1.82, 2.24) is 19.4 Å². The van der Waals surface area contributed by atoms with Crippen molar-refractivity contribution in [2.24, 2.45) is 0 Å². The number of likely N-dealkylation sites (tertiary alicyclic amines) is 1. The molecule has 0 bridgehead atoms. The Labute approximate surface area is 252 Å². The van der Waals surface area contributed by atoms with E-state index in [2.05, 4.69) is 9.88 Å². The van der Waals surface area contributed by atoms with Gasteiger partial charge in [-0.05, 0) is 66.9 Å². The Morgan fingerprint density at radius 2 is 1.90 bits per heavy atom. The number of carboxylic acid groups (broad SMARTS) is 1. The number of hydrogen-bond acceptors (Lipinski definition) is 7. The predicted octanol–water partition coefficient (Wildman–Crippen LogP) is 6.70. The molecule has 9 nitrogen and oxygen atoms in total. The van der Waals surface area contributed by atoms with E-state index in [-0.39, 0.29) is 11.7 Å². The van der Waals surface area contributed by atoms with E-state index in [4.69, 9.17) is 42.1 Å². The zero-order valence-corrected chi connectivity index (χ0v) is 24.1. The minimum Gasteiger partial charge on any atom is -0.490 e. The number of rotatable bonds is 10. The van der Waals surface area contributed by atoms with Crippen molar-refractivity contribution in [3.63, 3.8) is 0 Å². The van der Waals surface area contributed by atoms with E-state index in [1.807, 2.05) is 28.8 Å². The van der Waals surface area contributed by atoms with Gasteiger partial charge in [0.15, 0.2) is 6.39 Å². The summed E-state index contributed by atoms with van der Waals surface area (Å²) in [6.45, 7) is 3.08. The van der Waals surface area contributed by atoms with Gasteiger partial charge >= 0.3 is 5.97 Å². The minimum atomic E-state index is -0.975. The van der Waals surface area contributed by atoms with Gasteiger partial charge in [0, 0.05) is 18.1 Å². The summed E-state index contributed by atoms with van der Waals surface area (Å²) in [7, 11) is 0. The van der Waals surface area contributed by atoms with Crippen molar-refractivity contribution in [1.29, 1.82) is 0 Å². The average molecular weight is 607 g/mol. The van der Waals surface area contributed by atoms with Crippen LogP contribution < -0.4 is 9.47 Å². The number of imidazole rings is 1. The second-order valence-electron chi connectivity index (χ2n) is 10.2. The maximum Gasteiger partial charge on any atom is 0.335 e. The standard InChI is InChI=1S/C31H28Cl2N4O5/c32-22-5-7-29(26(33)14-22)40-18-20-2-1-3-24(12-20)42-23-8-10-36(11-9-23)17-30-35-27-6-4-21(31(38)39)13-28(27)37(30)16-25-15-34-19-41-25/h1-7,12-15,19,23H,8-11,16-18H2,(H,38,39). The number of nitrogens with zero attached hydrogens (tertiary/aromatic N) is 4. The third kappa shape index (κ3) is 6.54. The smallest absolute Gasteiger partial charge is 0.335 e. The molecule has 1 aliphatic heterocycles. The van der Waals surface area contributed by atoms with Crippen LogP contribution in [-0.4, -0.2) is 49.7 Å². The highest BCUT2D eigenvalue weighted by Crippen LogP contribution is 2.29. The summed E-state index contributed by atoms with van der Waals surface area (Å²) < 4.78 is 19.7. The molecule has 216 valence electrons. The number of aromatic carboxylic acids is 1. The minimum absolute atomic E-state index is 0.0919. The van der Waals surface area contributed by atoms with Crippen LogP contribution in [-0.2, 0) is 19.7 Å². The molecule has 1 aliphatic rings. The number of fused-ring (bicyclic) bond motifs is 1. The molecule has 2 aromatic heterocycles. The van der Waals surface area contributed by atoms with Crippen molar-refractivity contribution < 1.29 is 23.8 Å². The zero-order chi connectivity index (χ0) is 29.1. The molecular formula is C31H28Cl2N4O5. The van der Waals surface area contributed by atoms with Crippen molar-refractivity contribution >= 4 is 40.2 Å². The Bertz CT molecular complexity index is 1700. The second kappa shape index (κ2) is 12.4. The SMILES string of the molecule is O=C(O)c1ccc2nc(CN3CCC(Oc4cccc(COc5ccc(Cl)cc5Cl)c4)CC3)n(Cc3cnco3)c2c1. The molecule has 0 amide bonds. The lowest BCUT2D eigenvalue weighted by molar-refractivity contribution is 0.0697. The van der Waals surface area contributed by atoms with Crippen LogP contribution in [0.4, 0.5) is 0 Å². The van der Waals surface area contributed by atoms with Gasteiger partial charge in [-0.1, -0.05) is 35.3 Å². The fourth-order valence-electron chi connectivity index (χ4n) is 5.12. The first kappa shape index (κ1) is 28.1. The van der Waals surface area contributed by atoms with Crippen LogP contribution in [0, 0.1) is 0 Å². The van der Waals surface area contributed by atoms with E-state index < -0.39 is 5.97 Å². The summed E-state index contributed by atoms with van der Waals surface area (Å²) in [4.78, 5) is 22.8. The number of piperidine rings is 1. The van der Waals surface area contributed by atoms with Crippen LogP contribution in [0.2, 0.25) is 10.0 Å². The van der Waals surface area contributed by atoms with Gasteiger partial charge in [0.2, 0.25) is 0 Å². The Kier molecular flexibility index (Phi) is 8.32. The number of aromatic nitrogens is 3. The summed E-state index contributed by atoms with van der Waals surface area (Å²) in [5, 5.41) is 10.5. The Morgan fingerprint density at radius 3 is 2.67 bits per heavy atom. The number of hydrogen-bond donors (Lipinski definition) is 1. The largest absolute Gasteiger partial charge is 0.490 e. The van der Waals surface area contributed by atoms with Crippen LogP contribution in [0.1, 0.15) is 40.3 Å². The van der Waals surface area contributed by atoms with Gasteiger partial charge in [-0.2, -0.15) is 0 Å². The number of halogens is 2. The van der Waals surface area contributed by atoms with Crippen LogP contribution >= 0.6 is 23.2 Å². The Morgan fingerprint density at radius 1 is 1.05 bits per heavy atom. The average Bonchev–Trinajstić information content (AvgIpc) is 3.62. The molecule has 11 heteroatoms. The number of benzene rings is 3.